The molecule has 1 unspecified atom stereocenters. The highest BCUT2D eigenvalue weighted by atomic mass is 35.5. The second-order valence-electron chi connectivity index (χ2n) is 8.29. The molecule has 2 aromatic rings. The minimum atomic E-state index is -2.99. The normalized spacial score (nSPS) is 15.2. The first-order chi connectivity index (χ1) is 18.2. The summed E-state index contributed by atoms with van der Waals surface area (Å²) in [6.07, 6.45) is 1.84. The van der Waals surface area contributed by atoms with Crippen LogP contribution in [-0.4, -0.2) is 60.8 Å². The van der Waals surface area contributed by atoms with Crippen LogP contribution in [0.1, 0.15) is 18.1 Å². The van der Waals surface area contributed by atoms with Crippen molar-refractivity contribution in [1.29, 1.82) is 5.26 Å². The van der Waals surface area contributed by atoms with Crippen LogP contribution in [0.4, 0.5) is 14.5 Å². The van der Waals surface area contributed by atoms with Crippen molar-refractivity contribution in [2.24, 2.45) is 16.0 Å². The Balaban J connectivity index is 2.04. The second kappa shape index (κ2) is 13.0. The van der Waals surface area contributed by atoms with E-state index in [0.717, 1.165) is 11.1 Å². The molecule has 200 valence electrons. The van der Waals surface area contributed by atoms with Crippen LogP contribution in [0, 0.1) is 24.3 Å². The molecule has 9 nitrogen and oxygen atoms in total. The molecular formula is C26H28ClF2N7O2. The first kappa shape index (κ1) is 28.6. The minimum absolute atomic E-state index is 0.0531. The zero-order chi connectivity index (χ0) is 27.8. The van der Waals surface area contributed by atoms with Gasteiger partial charge in [0.1, 0.15) is 5.75 Å². The summed E-state index contributed by atoms with van der Waals surface area (Å²) in [6.45, 7) is 5.68. The number of benzene rings is 2. The van der Waals surface area contributed by atoms with Gasteiger partial charge in [0.15, 0.2) is 6.19 Å². The Labute approximate surface area is 225 Å². The molecule has 0 radical (unpaired) electrons. The number of carbonyl (C=O) groups excluding carboxylic acids is 1. The fourth-order valence-corrected chi connectivity index (χ4v) is 4.11. The number of hydrogen-bond donors (Lipinski definition) is 2. The van der Waals surface area contributed by atoms with Crippen molar-refractivity contribution in [3.63, 3.8) is 0 Å². The number of rotatable bonds is 9. The van der Waals surface area contributed by atoms with Crippen LogP contribution in [0.2, 0.25) is 5.02 Å². The van der Waals surface area contributed by atoms with E-state index in [1.807, 2.05) is 32.2 Å². The number of aryl methyl sites for hydroxylation is 1. The SMILES string of the molecule is C=C(C1CN(C(=Nc2cccc(OC(F)F)c2)NC#N)N=C1c1ccc(C)c(Cl)c1)N(CC)C(=O)CNC. The van der Waals surface area contributed by atoms with E-state index < -0.39 is 12.5 Å². The van der Waals surface area contributed by atoms with Crippen LogP contribution in [0.15, 0.2) is 64.8 Å². The van der Waals surface area contributed by atoms with Crippen molar-refractivity contribution in [3.05, 3.63) is 70.9 Å². The van der Waals surface area contributed by atoms with Crippen LogP contribution >= 0.6 is 11.6 Å². The number of carbonyl (C=O) groups is 1. The largest absolute Gasteiger partial charge is 0.435 e. The number of aliphatic imine (C=N–C) groups is 1. The van der Waals surface area contributed by atoms with Gasteiger partial charge in [-0.3, -0.25) is 10.1 Å². The van der Waals surface area contributed by atoms with E-state index in [2.05, 4.69) is 26.9 Å². The molecule has 0 fully saturated rings. The molecule has 0 bridgehead atoms. The fraction of sp³-hybridized carbons (Fsp3) is 0.308. The maximum absolute atomic E-state index is 12.8. The van der Waals surface area contributed by atoms with E-state index in [-0.39, 0.29) is 36.4 Å². The van der Waals surface area contributed by atoms with Crippen LogP contribution < -0.4 is 15.4 Å². The molecule has 38 heavy (non-hydrogen) atoms. The third kappa shape index (κ3) is 6.85. The molecule has 3 rings (SSSR count). The predicted octanol–water partition coefficient (Wildman–Crippen LogP) is 4.23. The topological polar surface area (TPSA) is 105 Å². The summed E-state index contributed by atoms with van der Waals surface area (Å²) in [5.41, 5.74) is 2.97. The minimum Gasteiger partial charge on any atom is -0.435 e. The number of halogens is 3. The number of nitriles is 1. The van der Waals surface area contributed by atoms with E-state index >= 15 is 0 Å². The zero-order valence-electron chi connectivity index (χ0n) is 21.2. The maximum Gasteiger partial charge on any atom is 0.387 e. The van der Waals surface area contributed by atoms with Gasteiger partial charge in [-0.05, 0) is 50.2 Å². The molecule has 1 heterocycles. The van der Waals surface area contributed by atoms with Crippen molar-refractivity contribution < 1.29 is 18.3 Å². The van der Waals surface area contributed by atoms with Gasteiger partial charge in [-0.2, -0.15) is 19.1 Å². The summed E-state index contributed by atoms with van der Waals surface area (Å²) in [5.74, 6) is -0.629. The van der Waals surface area contributed by atoms with Crippen molar-refractivity contribution >= 4 is 34.9 Å². The van der Waals surface area contributed by atoms with Crippen LogP contribution in [0.25, 0.3) is 0 Å². The van der Waals surface area contributed by atoms with E-state index in [1.165, 1.54) is 23.2 Å². The van der Waals surface area contributed by atoms with Gasteiger partial charge in [0.05, 0.1) is 30.4 Å². The van der Waals surface area contributed by atoms with E-state index in [1.54, 1.807) is 24.1 Å². The van der Waals surface area contributed by atoms with E-state index in [9.17, 15) is 18.8 Å². The molecule has 1 atom stereocenters. The highest BCUT2D eigenvalue weighted by Crippen LogP contribution is 2.30. The van der Waals surface area contributed by atoms with Gasteiger partial charge in [0.2, 0.25) is 11.9 Å². The van der Waals surface area contributed by atoms with Gasteiger partial charge in [-0.25, -0.2) is 10.0 Å². The molecule has 0 saturated carbocycles. The number of hydrazone groups is 1. The quantitative estimate of drug-likeness (QED) is 0.212. The van der Waals surface area contributed by atoms with E-state index in [4.69, 9.17) is 16.7 Å². The molecule has 0 spiro atoms. The average molecular weight is 544 g/mol. The molecule has 2 N–H and O–H groups in total. The number of nitrogens with zero attached hydrogens (tertiary/aromatic N) is 5. The molecule has 12 heteroatoms. The lowest BCUT2D eigenvalue weighted by Crippen LogP contribution is -2.41. The standard InChI is InChI=1S/C26H28ClF2N7O2/c1-5-35(23(37)13-31-4)17(3)21-14-36(34-24(21)18-10-9-16(2)22(27)11-18)26(32-15-30)33-19-7-6-8-20(12-19)38-25(28)29/h6-12,21,25,31H,3,5,13-14H2,1-2,4H3,(H,32,33). The van der Waals surface area contributed by atoms with Crippen molar-refractivity contribution in [2.45, 2.75) is 20.5 Å². The summed E-state index contributed by atoms with van der Waals surface area (Å²) in [7, 11) is 1.69. The van der Waals surface area contributed by atoms with Gasteiger partial charge >= 0.3 is 6.61 Å². The number of hydrogen-bond acceptors (Lipinski definition) is 6. The van der Waals surface area contributed by atoms with E-state index in [0.29, 0.717) is 23.0 Å². The average Bonchev–Trinajstić information content (AvgIpc) is 3.31. The molecule has 0 saturated heterocycles. The number of nitrogens with one attached hydrogen (secondary N) is 2. The van der Waals surface area contributed by atoms with Crippen molar-refractivity contribution in [1.82, 2.24) is 20.5 Å². The molecule has 0 aliphatic carbocycles. The van der Waals surface area contributed by atoms with Gasteiger partial charge in [0.25, 0.3) is 0 Å². The molecular weight excluding hydrogens is 516 g/mol. The number of ether oxygens (including phenoxy) is 1. The lowest BCUT2D eigenvalue weighted by atomic mass is 9.93. The summed E-state index contributed by atoms with van der Waals surface area (Å²) >= 11 is 6.40. The number of alkyl halides is 2. The lowest BCUT2D eigenvalue weighted by Gasteiger charge is -2.28. The third-order valence-electron chi connectivity index (χ3n) is 5.77. The Kier molecular flexibility index (Phi) is 9.76. The Bertz CT molecular complexity index is 1290. The van der Waals surface area contributed by atoms with Crippen molar-refractivity contribution in [3.8, 4) is 11.9 Å². The molecule has 1 amide bonds. The molecule has 2 aromatic carbocycles. The Morgan fingerprint density at radius 1 is 1.39 bits per heavy atom. The first-order valence-corrected chi connectivity index (χ1v) is 12.1. The van der Waals surface area contributed by atoms with Crippen LogP contribution in [0.5, 0.6) is 5.75 Å². The highest BCUT2D eigenvalue weighted by Gasteiger charge is 2.35. The van der Waals surface area contributed by atoms with Crippen LogP contribution in [0.3, 0.4) is 0 Å². The van der Waals surface area contributed by atoms with Gasteiger partial charge in [0, 0.05) is 23.3 Å². The maximum atomic E-state index is 12.8. The summed E-state index contributed by atoms with van der Waals surface area (Å²) in [5, 5.41) is 21.5. The third-order valence-corrected chi connectivity index (χ3v) is 6.17. The monoisotopic (exact) mass is 543 g/mol. The molecule has 1 aliphatic heterocycles. The number of likely N-dealkylation sites (N-methyl/N-ethyl adjacent to an activating group) is 2. The number of amides is 1. The summed E-state index contributed by atoms with van der Waals surface area (Å²) in [4.78, 5) is 18.8. The van der Waals surface area contributed by atoms with Crippen LogP contribution in [-0.2, 0) is 4.79 Å². The zero-order valence-corrected chi connectivity index (χ0v) is 22.0. The summed E-state index contributed by atoms with van der Waals surface area (Å²) in [6, 6.07) is 11.3. The van der Waals surface area contributed by atoms with Crippen molar-refractivity contribution in [2.75, 3.05) is 26.7 Å². The first-order valence-electron chi connectivity index (χ1n) is 11.7. The summed E-state index contributed by atoms with van der Waals surface area (Å²) < 4.78 is 29.8. The van der Waals surface area contributed by atoms with Gasteiger partial charge in [-0.1, -0.05) is 36.4 Å². The Hall–Kier alpha value is -4.01. The Morgan fingerprint density at radius 2 is 2.16 bits per heavy atom. The Morgan fingerprint density at radius 3 is 2.79 bits per heavy atom. The van der Waals surface area contributed by atoms with Gasteiger partial charge < -0.3 is 15.0 Å². The molecule has 0 aromatic heterocycles. The fourth-order valence-electron chi connectivity index (χ4n) is 3.93. The predicted molar refractivity (Wildman–Crippen MR) is 142 cm³/mol. The second-order valence-corrected chi connectivity index (χ2v) is 8.70. The number of guanidine groups is 1. The lowest BCUT2D eigenvalue weighted by molar-refractivity contribution is -0.128. The molecule has 1 aliphatic rings. The highest BCUT2D eigenvalue weighted by molar-refractivity contribution is 6.31. The van der Waals surface area contributed by atoms with Gasteiger partial charge in [-0.15, -0.1) is 0 Å². The smallest absolute Gasteiger partial charge is 0.387 e.